The van der Waals surface area contributed by atoms with Gasteiger partial charge < -0.3 is 15.3 Å². The van der Waals surface area contributed by atoms with Crippen LogP contribution in [0.15, 0.2) is 51.9 Å². The van der Waals surface area contributed by atoms with Gasteiger partial charge in [0, 0.05) is 18.5 Å². The minimum absolute atomic E-state index is 0.0303. The average Bonchev–Trinajstić information content (AvgIpc) is 2.49. The molecule has 0 spiro atoms. The van der Waals surface area contributed by atoms with Crippen molar-refractivity contribution < 1.29 is 9.52 Å². The van der Waals surface area contributed by atoms with Crippen molar-refractivity contribution in [3.05, 3.63) is 69.6 Å². The number of nitrogens with two attached hydrogens (primary N) is 1. The van der Waals surface area contributed by atoms with Gasteiger partial charge in [0.05, 0.1) is 16.5 Å². The third kappa shape index (κ3) is 2.18. The number of aliphatic hydroxyl groups is 1. The van der Waals surface area contributed by atoms with Crippen LogP contribution in [-0.2, 0) is 13.0 Å². The van der Waals surface area contributed by atoms with Crippen LogP contribution in [0.3, 0.4) is 0 Å². The Balaban J connectivity index is 2.45. The number of rotatable bonds is 3. The average molecular weight is 295 g/mol. The molecule has 0 saturated heterocycles. The lowest BCUT2D eigenvalue weighted by molar-refractivity contribution is 0.401. The molecule has 1 heterocycles. The van der Waals surface area contributed by atoms with E-state index in [1.165, 1.54) is 0 Å². The lowest BCUT2D eigenvalue weighted by Crippen LogP contribution is -2.07. The summed E-state index contributed by atoms with van der Waals surface area (Å²) in [6.07, 6.45) is 0.251. The maximum atomic E-state index is 12.7. The van der Waals surface area contributed by atoms with Gasteiger partial charge in [0.15, 0.2) is 0 Å². The molecule has 4 nitrogen and oxygen atoms in total. The van der Waals surface area contributed by atoms with Crippen LogP contribution in [0.25, 0.3) is 21.9 Å². The van der Waals surface area contributed by atoms with Crippen LogP contribution < -0.4 is 11.2 Å². The molecule has 3 aromatic rings. The van der Waals surface area contributed by atoms with Gasteiger partial charge in [-0.3, -0.25) is 4.79 Å². The second-order valence-electron chi connectivity index (χ2n) is 5.40. The SMILES string of the molecule is C=C(O)Cc1cccc2c(=O)c3ccc(CN)c(C)c3oc12. The normalized spacial score (nSPS) is 11.2. The Labute approximate surface area is 127 Å². The summed E-state index contributed by atoms with van der Waals surface area (Å²) in [6.45, 7) is 5.79. The van der Waals surface area contributed by atoms with Crippen LogP contribution in [0, 0.1) is 6.92 Å². The van der Waals surface area contributed by atoms with Crippen molar-refractivity contribution in [2.45, 2.75) is 19.9 Å². The summed E-state index contributed by atoms with van der Waals surface area (Å²) in [6, 6.07) is 8.95. The molecule has 3 N–H and O–H groups in total. The minimum Gasteiger partial charge on any atom is -0.513 e. The van der Waals surface area contributed by atoms with Crippen molar-refractivity contribution in [1.82, 2.24) is 0 Å². The van der Waals surface area contributed by atoms with Crippen molar-refractivity contribution in [1.29, 1.82) is 0 Å². The molecule has 22 heavy (non-hydrogen) atoms. The summed E-state index contributed by atoms with van der Waals surface area (Å²) in [5, 5.41) is 10.5. The van der Waals surface area contributed by atoms with E-state index in [-0.39, 0.29) is 17.6 Å². The Hall–Kier alpha value is -2.59. The highest BCUT2D eigenvalue weighted by Crippen LogP contribution is 2.26. The van der Waals surface area contributed by atoms with E-state index in [9.17, 15) is 9.90 Å². The first-order valence-electron chi connectivity index (χ1n) is 7.06. The van der Waals surface area contributed by atoms with Gasteiger partial charge in [-0.2, -0.15) is 0 Å². The second kappa shape index (κ2) is 5.31. The van der Waals surface area contributed by atoms with E-state index >= 15 is 0 Å². The van der Waals surface area contributed by atoms with E-state index in [0.717, 1.165) is 16.7 Å². The van der Waals surface area contributed by atoms with Crippen LogP contribution in [0.1, 0.15) is 16.7 Å². The van der Waals surface area contributed by atoms with E-state index in [1.807, 2.05) is 19.1 Å². The Kier molecular flexibility index (Phi) is 3.47. The molecule has 0 atom stereocenters. The van der Waals surface area contributed by atoms with Gasteiger partial charge in [-0.1, -0.05) is 24.8 Å². The van der Waals surface area contributed by atoms with Gasteiger partial charge in [0.1, 0.15) is 11.2 Å². The monoisotopic (exact) mass is 295 g/mol. The summed E-state index contributed by atoms with van der Waals surface area (Å²) >= 11 is 0. The van der Waals surface area contributed by atoms with Crippen molar-refractivity contribution in [3.8, 4) is 0 Å². The van der Waals surface area contributed by atoms with Crippen molar-refractivity contribution in [2.75, 3.05) is 0 Å². The third-order valence-corrected chi connectivity index (χ3v) is 3.92. The van der Waals surface area contributed by atoms with Crippen LogP contribution in [0.2, 0.25) is 0 Å². The lowest BCUT2D eigenvalue weighted by Gasteiger charge is -2.10. The second-order valence-corrected chi connectivity index (χ2v) is 5.40. The third-order valence-electron chi connectivity index (χ3n) is 3.92. The van der Waals surface area contributed by atoms with Gasteiger partial charge in [0.25, 0.3) is 0 Å². The molecule has 0 saturated carbocycles. The summed E-state index contributed by atoms with van der Waals surface area (Å²) in [5.74, 6) is 0.0303. The van der Waals surface area contributed by atoms with Crippen molar-refractivity contribution in [3.63, 3.8) is 0 Å². The number of fused-ring (bicyclic) bond motifs is 2. The van der Waals surface area contributed by atoms with Gasteiger partial charge in [-0.05, 0) is 30.2 Å². The first-order chi connectivity index (χ1) is 10.5. The molecule has 2 aromatic carbocycles. The van der Waals surface area contributed by atoms with Crippen LogP contribution in [0.4, 0.5) is 0 Å². The highest BCUT2D eigenvalue weighted by molar-refractivity contribution is 5.92. The van der Waals surface area contributed by atoms with Gasteiger partial charge >= 0.3 is 0 Å². The molecule has 0 unspecified atom stereocenters. The molecule has 0 radical (unpaired) electrons. The fraction of sp³-hybridized carbons (Fsp3) is 0.167. The molecule has 4 heteroatoms. The van der Waals surface area contributed by atoms with E-state index in [0.29, 0.717) is 28.5 Å². The first kappa shape index (κ1) is 14.4. The van der Waals surface area contributed by atoms with Gasteiger partial charge in [-0.25, -0.2) is 0 Å². The molecule has 0 aliphatic rings. The molecular weight excluding hydrogens is 278 g/mol. The Morgan fingerprint density at radius 3 is 2.59 bits per heavy atom. The number of aliphatic hydroxyl groups excluding tert-OH is 1. The summed E-state index contributed by atoms with van der Waals surface area (Å²) in [4.78, 5) is 12.7. The van der Waals surface area contributed by atoms with Crippen LogP contribution in [0.5, 0.6) is 0 Å². The maximum Gasteiger partial charge on any atom is 0.200 e. The Morgan fingerprint density at radius 2 is 1.91 bits per heavy atom. The van der Waals surface area contributed by atoms with Gasteiger partial charge in [-0.15, -0.1) is 0 Å². The van der Waals surface area contributed by atoms with Gasteiger partial charge in [0.2, 0.25) is 5.43 Å². The van der Waals surface area contributed by atoms with E-state index in [1.54, 1.807) is 18.2 Å². The molecule has 0 bridgehead atoms. The lowest BCUT2D eigenvalue weighted by atomic mass is 10.0. The van der Waals surface area contributed by atoms with E-state index < -0.39 is 0 Å². The van der Waals surface area contributed by atoms with Crippen molar-refractivity contribution in [2.24, 2.45) is 5.73 Å². The predicted molar refractivity (Wildman–Crippen MR) is 88.1 cm³/mol. The fourth-order valence-corrected chi connectivity index (χ4v) is 2.75. The number of hydrogen-bond acceptors (Lipinski definition) is 4. The summed E-state index contributed by atoms with van der Waals surface area (Å²) < 4.78 is 6.02. The number of hydrogen-bond donors (Lipinski definition) is 2. The van der Waals surface area contributed by atoms with Crippen LogP contribution >= 0.6 is 0 Å². The highest BCUT2D eigenvalue weighted by atomic mass is 16.3. The molecule has 0 aliphatic carbocycles. The first-order valence-corrected chi connectivity index (χ1v) is 7.06. The quantitative estimate of drug-likeness (QED) is 0.574. The zero-order chi connectivity index (χ0) is 15.9. The maximum absolute atomic E-state index is 12.7. The Bertz CT molecular complexity index is 954. The molecular formula is C18H17NO3. The number of aryl methyl sites for hydroxylation is 1. The molecule has 1 aromatic heterocycles. The number of allylic oxidation sites excluding steroid dienone is 1. The number of benzene rings is 2. The standard InChI is InChI=1S/C18H17NO3/c1-10(20)8-12-4-3-5-14-16(21)15-7-6-13(9-19)11(2)17(15)22-18(12)14/h3-7,20H,1,8-9,19H2,2H3. The predicted octanol–water partition coefficient (Wildman–Crippen LogP) is 3.33. The molecule has 0 aliphatic heterocycles. The minimum atomic E-state index is -0.0756. The zero-order valence-electron chi connectivity index (χ0n) is 12.3. The zero-order valence-corrected chi connectivity index (χ0v) is 12.3. The number of para-hydroxylation sites is 1. The topological polar surface area (TPSA) is 76.5 Å². The highest BCUT2D eigenvalue weighted by Gasteiger charge is 2.14. The largest absolute Gasteiger partial charge is 0.513 e. The molecule has 0 amide bonds. The summed E-state index contributed by atoms with van der Waals surface area (Å²) in [5.41, 5.74) is 9.25. The molecule has 3 rings (SSSR count). The van der Waals surface area contributed by atoms with Crippen LogP contribution in [-0.4, -0.2) is 5.11 Å². The Morgan fingerprint density at radius 1 is 1.18 bits per heavy atom. The summed E-state index contributed by atoms with van der Waals surface area (Å²) in [7, 11) is 0. The van der Waals surface area contributed by atoms with E-state index in [4.69, 9.17) is 10.2 Å². The molecule has 112 valence electrons. The molecule has 0 fully saturated rings. The smallest absolute Gasteiger partial charge is 0.200 e. The van der Waals surface area contributed by atoms with Crippen molar-refractivity contribution >= 4 is 21.9 Å². The fourth-order valence-electron chi connectivity index (χ4n) is 2.75. The van der Waals surface area contributed by atoms with E-state index in [2.05, 4.69) is 6.58 Å².